The van der Waals surface area contributed by atoms with Crippen molar-refractivity contribution in [3.8, 4) is 0 Å². The summed E-state index contributed by atoms with van der Waals surface area (Å²) in [5.41, 5.74) is 0. The molecule has 1 aromatic heterocycles. The molecule has 0 bridgehead atoms. The number of hydrogen-bond donors (Lipinski definition) is 0. The summed E-state index contributed by atoms with van der Waals surface area (Å²) < 4.78 is 30.0. The van der Waals surface area contributed by atoms with E-state index in [1.165, 1.54) is 12.5 Å². The van der Waals surface area contributed by atoms with Gasteiger partial charge in [0.15, 0.2) is 0 Å². The summed E-state index contributed by atoms with van der Waals surface area (Å²) >= 11 is 1.53. The van der Waals surface area contributed by atoms with Gasteiger partial charge in [0.05, 0.1) is 0 Å². The third-order valence-electron chi connectivity index (χ3n) is 3.36. The largest absolute Gasteiger partial charge is 0.460 e. The van der Waals surface area contributed by atoms with Crippen molar-refractivity contribution in [2.24, 2.45) is 0 Å². The number of nitrogens with zero attached hydrogens (tertiary/aromatic N) is 1. The van der Waals surface area contributed by atoms with E-state index in [0.29, 0.717) is 23.3 Å². The minimum atomic E-state index is -2.53. The molecular weight excluding hydrogens is 304 g/mol. The van der Waals surface area contributed by atoms with Crippen molar-refractivity contribution in [3.63, 3.8) is 0 Å². The van der Waals surface area contributed by atoms with Crippen LogP contribution in [0, 0.1) is 0 Å². The van der Waals surface area contributed by atoms with Gasteiger partial charge in [0.1, 0.15) is 11.5 Å². The maximum Gasteiger partial charge on any atom is 0.349 e. The molecule has 0 N–H and O–H groups in total. The summed E-state index contributed by atoms with van der Waals surface area (Å²) in [5.74, 6) is -3.03. The molecule has 0 amide bonds. The fourth-order valence-electron chi connectivity index (χ4n) is 2.23. The normalized spacial score (nSPS) is 20.3. The number of ether oxygens (including phenoxy) is 1. The number of alkyl halides is 2. The smallest absolute Gasteiger partial charge is 0.349 e. The minimum Gasteiger partial charge on any atom is -0.460 e. The van der Waals surface area contributed by atoms with E-state index in [1.54, 1.807) is 5.38 Å². The van der Waals surface area contributed by atoms with Crippen LogP contribution in [0.5, 0.6) is 0 Å². The van der Waals surface area contributed by atoms with Crippen LogP contribution < -0.4 is 0 Å². The number of likely N-dealkylation sites (tertiary alicyclic amines) is 1. The molecule has 1 aliphatic heterocycles. The van der Waals surface area contributed by atoms with E-state index in [-0.39, 0.29) is 10.9 Å². The van der Waals surface area contributed by atoms with Crippen LogP contribution in [0.4, 0.5) is 8.78 Å². The summed E-state index contributed by atoms with van der Waals surface area (Å²) in [6.07, 6.45) is 3.31. The highest BCUT2D eigenvalue weighted by molar-refractivity contribution is 7.99. The van der Waals surface area contributed by atoms with Crippen molar-refractivity contribution in [1.82, 2.24) is 4.90 Å². The molecule has 2 heterocycles. The molecule has 1 aromatic rings. The standard InChI is InChI=1S/C13H17F2NO2S2/c1-16-6-3-2-4-9(16)8-18-12(17)11-10(5-7-19-11)20-13(14)15/h5,7,9,13H,2-4,6,8H2,1H3/t9-/m0/s1. The van der Waals surface area contributed by atoms with E-state index in [4.69, 9.17) is 4.74 Å². The lowest BCUT2D eigenvalue weighted by molar-refractivity contribution is 0.0330. The number of carbonyl (C=O) groups is 1. The van der Waals surface area contributed by atoms with Crippen LogP contribution in [-0.2, 0) is 4.74 Å². The zero-order chi connectivity index (χ0) is 14.5. The maximum atomic E-state index is 12.4. The molecule has 3 nitrogen and oxygen atoms in total. The Hall–Kier alpha value is -0.660. The first-order chi connectivity index (χ1) is 9.58. The molecule has 0 aliphatic carbocycles. The first kappa shape index (κ1) is 15.7. The van der Waals surface area contributed by atoms with Gasteiger partial charge in [0.2, 0.25) is 0 Å². The average molecular weight is 321 g/mol. The predicted molar refractivity (Wildman–Crippen MR) is 76.7 cm³/mol. The van der Waals surface area contributed by atoms with Gasteiger partial charge in [-0.3, -0.25) is 0 Å². The second kappa shape index (κ2) is 7.38. The van der Waals surface area contributed by atoms with Crippen molar-refractivity contribution < 1.29 is 18.3 Å². The zero-order valence-electron chi connectivity index (χ0n) is 11.2. The average Bonchev–Trinajstić information content (AvgIpc) is 2.85. The molecule has 2 rings (SSSR count). The molecule has 0 aromatic carbocycles. The van der Waals surface area contributed by atoms with Crippen LogP contribution in [0.25, 0.3) is 0 Å². The minimum absolute atomic E-state index is 0.235. The van der Waals surface area contributed by atoms with Crippen molar-refractivity contribution in [2.45, 2.75) is 36.0 Å². The monoisotopic (exact) mass is 321 g/mol. The van der Waals surface area contributed by atoms with Crippen LogP contribution in [0.15, 0.2) is 16.3 Å². The lowest BCUT2D eigenvalue weighted by atomic mass is 10.0. The molecule has 1 fully saturated rings. The summed E-state index contributed by atoms with van der Waals surface area (Å²) in [6.45, 7) is 1.33. The summed E-state index contributed by atoms with van der Waals surface area (Å²) in [4.78, 5) is 14.7. The van der Waals surface area contributed by atoms with E-state index in [1.807, 2.05) is 7.05 Å². The number of halogens is 2. The predicted octanol–water partition coefficient (Wildman–Crippen LogP) is 3.70. The number of likely N-dealkylation sites (N-methyl/N-ethyl adjacent to an activating group) is 1. The topological polar surface area (TPSA) is 29.5 Å². The van der Waals surface area contributed by atoms with Crippen LogP contribution >= 0.6 is 23.1 Å². The number of rotatable bonds is 5. The lowest BCUT2D eigenvalue weighted by Gasteiger charge is -2.31. The summed E-state index contributed by atoms with van der Waals surface area (Å²) in [6, 6.07) is 1.77. The van der Waals surface area contributed by atoms with Crippen molar-refractivity contribution in [1.29, 1.82) is 0 Å². The fourth-order valence-corrected chi connectivity index (χ4v) is 3.81. The Morgan fingerprint density at radius 3 is 3.10 bits per heavy atom. The molecule has 0 spiro atoms. The Kier molecular flexibility index (Phi) is 5.80. The third kappa shape index (κ3) is 4.17. The van der Waals surface area contributed by atoms with Crippen molar-refractivity contribution in [3.05, 3.63) is 16.3 Å². The number of thiophene rings is 1. The number of hydrogen-bond acceptors (Lipinski definition) is 5. The van der Waals surface area contributed by atoms with Gasteiger partial charge < -0.3 is 9.64 Å². The van der Waals surface area contributed by atoms with E-state index >= 15 is 0 Å². The molecule has 1 saturated heterocycles. The van der Waals surface area contributed by atoms with E-state index < -0.39 is 11.7 Å². The van der Waals surface area contributed by atoms with Crippen LogP contribution in [0.2, 0.25) is 0 Å². The third-order valence-corrected chi connectivity index (χ3v) is 5.15. The highest BCUT2D eigenvalue weighted by Gasteiger charge is 2.23. The number of thioether (sulfide) groups is 1. The molecule has 1 atom stereocenters. The molecule has 1 aliphatic rings. The maximum absolute atomic E-state index is 12.4. The van der Waals surface area contributed by atoms with E-state index in [2.05, 4.69) is 4.90 Å². The molecular formula is C13H17F2NO2S2. The fraction of sp³-hybridized carbons (Fsp3) is 0.615. The number of carbonyl (C=O) groups excluding carboxylic acids is 1. The Labute approximate surface area is 125 Å². The molecule has 20 heavy (non-hydrogen) atoms. The van der Waals surface area contributed by atoms with Gasteiger partial charge in [-0.1, -0.05) is 18.2 Å². The van der Waals surface area contributed by atoms with Crippen LogP contribution in [0.1, 0.15) is 28.9 Å². The lowest BCUT2D eigenvalue weighted by Crippen LogP contribution is -2.39. The second-order valence-corrected chi connectivity index (χ2v) is 6.67. The van der Waals surface area contributed by atoms with Gasteiger partial charge in [-0.15, -0.1) is 11.3 Å². The summed E-state index contributed by atoms with van der Waals surface area (Å²) in [5, 5.41) is 1.63. The Morgan fingerprint density at radius 1 is 1.60 bits per heavy atom. The van der Waals surface area contributed by atoms with Gasteiger partial charge in [0, 0.05) is 10.9 Å². The molecule has 0 saturated carbocycles. The molecule has 0 radical (unpaired) electrons. The molecule has 0 unspecified atom stereocenters. The first-order valence-corrected chi connectivity index (χ1v) is 8.23. The second-order valence-electron chi connectivity index (χ2n) is 4.72. The SMILES string of the molecule is CN1CCCC[C@H]1COC(=O)c1sccc1SC(F)F. The Bertz CT molecular complexity index is 453. The Morgan fingerprint density at radius 2 is 2.40 bits per heavy atom. The Balaban J connectivity index is 1.90. The van der Waals surface area contributed by atoms with Gasteiger partial charge in [0.25, 0.3) is 5.76 Å². The van der Waals surface area contributed by atoms with Gasteiger partial charge in [-0.25, -0.2) is 4.79 Å². The van der Waals surface area contributed by atoms with Crippen molar-refractivity contribution >= 4 is 29.1 Å². The highest BCUT2D eigenvalue weighted by Crippen LogP contribution is 2.32. The van der Waals surface area contributed by atoms with E-state index in [9.17, 15) is 13.6 Å². The number of piperidine rings is 1. The first-order valence-electron chi connectivity index (χ1n) is 6.47. The quantitative estimate of drug-likeness (QED) is 0.611. The molecule has 112 valence electrons. The van der Waals surface area contributed by atoms with E-state index in [0.717, 1.165) is 30.7 Å². The number of esters is 1. The van der Waals surface area contributed by atoms with Crippen molar-refractivity contribution in [2.75, 3.05) is 20.2 Å². The summed E-state index contributed by atoms with van der Waals surface area (Å²) in [7, 11) is 2.01. The zero-order valence-corrected chi connectivity index (χ0v) is 12.8. The van der Waals surface area contributed by atoms with Crippen LogP contribution in [-0.4, -0.2) is 42.9 Å². The van der Waals surface area contributed by atoms with Gasteiger partial charge in [-0.2, -0.15) is 8.78 Å². The molecule has 7 heteroatoms. The highest BCUT2D eigenvalue weighted by atomic mass is 32.2. The van der Waals surface area contributed by atoms with Gasteiger partial charge >= 0.3 is 5.97 Å². The van der Waals surface area contributed by atoms with Crippen LogP contribution in [0.3, 0.4) is 0 Å². The van der Waals surface area contributed by atoms with Gasteiger partial charge in [-0.05, 0) is 37.9 Å².